The van der Waals surface area contributed by atoms with Crippen LogP contribution in [-0.4, -0.2) is 7.11 Å². The zero-order chi connectivity index (χ0) is 25.5. The van der Waals surface area contributed by atoms with Gasteiger partial charge in [0.25, 0.3) is 0 Å². The molecule has 1 saturated carbocycles. The second-order valence-electron chi connectivity index (χ2n) is 11.6. The topological polar surface area (TPSA) is 9.23 Å². The van der Waals surface area contributed by atoms with Crippen LogP contribution < -0.4 is 4.74 Å². The second-order valence-corrected chi connectivity index (χ2v) is 11.6. The first kappa shape index (κ1) is 26.6. The van der Waals surface area contributed by atoms with Crippen molar-refractivity contribution in [3.8, 4) is 5.75 Å². The molecule has 0 N–H and O–H groups in total. The van der Waals surface area contributed by atoms with Crippen molar-refractivity contribution in [2.45, 2.75) is 97.1 Å². The van der Waals surface area contributed by atoms with E-state index in [1.54, 1.807) is 19.2 Å². The number of methoxy groups -OCH3 is 1. The third-order valence-electron chi connectivity index (χ3n) is 8.68. The minimum atomic E-state index is -4.29. The number of rotatable bonds is 6. The van der Waals surface area contributed by atoms with Crippen LogP contribution in [0, 0.1) is 18.8 Å². The molecule has 0 amide bonds. The lowest BCUT2D eigenvalue weighted by atomic mass is 9.60. The number of hydrogen-bond donors (Lipinski definition) is 0. The molecule has 1 aliphatic rings. The molecule has 0 heterocycles. The normalized spacial score (nSPS) is 20.0. The van der Waals surface area contributed by atoms with Crippen LogP contribution in [0.15, 0.2) is 36.4 Å². The molecule has 188 valence electrons. The van der Waals surface area contributed by atoms with Crippen LogP contribution in [0.3, 0.4) is 0 Å². The van der Waals surface area contributed by atoms with Crippen LogP contribution in [-0.2, 0) is 17.0 Å². The fraction of sp³-hybridized carbons (Fsp3) is 0.600. The van der Waals surface area contributed by atoms with Gasteiger partial charge in [0, 0.05) is 0 Å². The maximum absolute atomic E-state index is 13.0. The monoisotopic (exact) mass is 474 g/mol. The van der Waals surface area contributed by atoms with Gasteiger partial charge in [-0.3, -0.25) is 0 Å². The van der Waals surface area contributed by atoms with Crippen LogP contribution in [0.2, 0.25) is 0 Å². The summed E-state index contributed by atoms with van der Waals surface area (Å²) in [5.41, 5.74) is 4.14. The van der Waals surface area contributed by atoms with Crippen LogP contribution in [0.1, 0.15) is 101 Å². The maximum Gasteiger partial charge on any atom is 0.416 e. The van der Waals surface area contributed by atoms with E-state index in [4.69, 9.17) is 4.74 Å². The van der Waals surface area contributed by atoms with Crippen molar-refractivity contribution in [3.63, 3.8) is 0 Å². The summed E-state index contributed by atoms with van der Waals surface area (Å²) < 4.78 is 44.8. The molecule has 0 radical (unpaired) electrons. The van der Waals surface area contributed by atoms with Gasteiger partial charge >= 0.3 is 6.18 Å². The number of alkyl halides is 3. The fourth-order valence-electron chi connectivity index (χ4n) is 6.22. The Hall–Kier alpha value is -1.97. The van der Waals surface area contributed by atoms with E-state index < -0.39 is 11.7 Å². The Morgan fingerprint density at radius 2 is 1.24 bits per heavy atom. The Bertz CT molecular complexity index is 975. The third-order valence-corrected chi connectivity index (χ3v) is 8.68. The number of halogens is 3. The van der Waals surface area contributed by atoms with Crippen LogP contribution in [0.5, 0.6) is 5.75 Å². The minimum absolute atomic E-state index is 0.0241. The van der Waals surface area contributed by atoms with Crippen LogP contribution in [0.25, 0.3) is 0 Å². The Morgan fingerprint density at radius 3 is 1.68 bits per heavy atom. The lowest BCUT2D eigenvalue weighted by Gasteiger charge is -2.45. The first-order chi connectivity index (χ1) is 15.7. The van der Waals surface area contributed by atoms with Gasteiger partial charge in [0.15, 0.2) is 0 Å². The summed E-state index contributed by atoms with van der Waals surface area (Å²) in [4.78, 5) is 0. The Morgan fingerprint density at radius 1 is 0.765 bits per heavy atom. The van der Waals surface area contributed by atoms with Crippen LogP contribution >= 0.6 is 0 Å². The lowest BCUT2D eigenvalue weighted by Crippen LogP contribution is -2.37. The van der Waals surface area contributed by atoms with E-state index in [-0.39, 0.29) is 10.8 Å². The molecule has 3 rings (SSSR count). The van der Waals surface area contributed by atoms with E-state index >= 15 is 0 Å². The van der Waals surface area contributed by atoms with Crippen molar-refractivity contribution < 1.29 is 17.9 Å². The van der Waals surface area contributed by atoms with Gasteiger partial charge in [0.2, 0.25) is 0 Å². The summed E-state index contributed by atoms with van der Waals surface area (Å²) in [5, 5.41) is 0. The van der Waals surface area contributed by atoms with Crippen molar-refractivity contribution in [3.05, 3.63) is 64.2 Å². The number of ether oxygens (including phenoxy) is 1. The summed E-state index contributed by atoms with van der Waals surface area (Å²) in [6, 6.07) is 10.3. The van der Waals surface area contributed by atoms with E-state index in [1.165, 1.54) is 28.8 Å². The molecular formula is C30H41F3O. The molecule has 34 heavy (non-hydrogen) atoms. The Labute approximate surface area is 204 Å². The van der Waals surface area contributed by atoms with E-state index in [9.17, 15) is 13.2 Å². The van der Waals surface area contributed by atoms with Gasteiger partial charge in [0.1, 0.15) is 5.75 Å². The maximum atomic E-state index is 13.0. The van der Waals surface area contributed by atoms with Crippen molar-refractivity contribution >= 4 is 0 Å². The standard InChI is InChI=1S/C30H41F3O/c1-19(2)25-17-18-26(20(3)27(25)34-8)29(6,7)23-11-9-21(10-12-23)28(4,5)22-13-15-24(16-14-22)30(31,32)33/h13-19,21,23H,9-12H2,1-8H3. The molecule has 2 aromatic carbocycles. The molecule has 0 aromatic heterocycles. The molecule has 2 aromatic rings. The average Bonchev–Trinajstić information content (AvgIpc) is 2.78. The number of benzene rings is 2. The molecule has 4 heteroatoms. The van der Waals surface area contributed by atoms with Gasteiger partial charge < -0.3 is 4.74 Å². The molecule has 0 spiro atoms. The lowest BCUT2D eigenvalue weighted by molar-refractivity contribution is -0.137. The van der Waals surface area contributed by atoms with Gasteiger partial charge in [-0.1, -0.05) is 65.8 Å². The fourth-order valence-corrected chi connectivity index (χ4v) is 6.22. The molecule has 0 unspecified atom stereocenters. The smallest absolute Gasteiger partial charge is 0.416 e. The predicted molar refractivity (Wildman–Crippen MR) is 135 cm³/mol. The van der Waals surface area contributed by atoms with Gasteiger partial charge in [-0.05, 0) is 95.6 Å². The third kappa shape index (κ3) is 5.02. The van der Waals surface area contributed by atoms with Gasteiger partial charge in [-0.25, -0.2) is 0 Å². The average molecular weight is 475 g/mol. The number of hydrogen-bond acceptors (Lipinski definition) is 1. The van der Waals surface area contributed by atoms with Gasteiger partial charge in [0.05, 0.1) is 12.7 Å². The zero-order valence-electron chi connectivity index (χ0n) is 22.1. The highest BCUT2D eigenvalue weighted by Gasteiger charge is 2.40. The molecular weight excluding hydrogens is 433 g/mol. The largest absolute Gasteiger partial charge is 0.496 e. The summed E-state index contributed by atoms with van der Waals surface area (Å²) in [6.07, 6.45) is 0.121. The summed E-state index contributed by atoms with van der Waals surface area (Å²) >= 11 is 0. The Balaban J connectivity index is 1.77. The van der Waals surface area contributed by atoms with Gasteiger partial charge in [-0.15, -0.1) is 0 Å². The molecule has 1 aliphatic carbocycles. The van der Waals surface area contributed by atoms with Crippen molar-refractivity contribution in [2.75, 3.05) is 7.11 Å². The molecule has 0 bridgehead atoms. The Kier molecular flexibility index (Phi) is 7.51. The predicted octanol–water partition coefficient (Wildman–Crippen LogP) is 9.21. The van der Waals surface area contributed by atoms with E-state index in [1.807, 2.05) is 0 Å². The SMILES string of the molecule is COc1c(C(C)C)ccc(C(C)(C)C2CCC(C(C)(C)c3ccc(C(F)(F)F)cc3)CC2)c1C. The van der Waals surface area contributed by atoms with E-state index in [0.717, 1.165) is 37.0 Å². The minimum Gasteiger partial charge on any atom is -0.496 e. The first-order valence-electron chi connectivity index (χ1n) is 12.6. The van der Waals surface area contributed by atoms with Crippen molar-refractivity contribution in [2.24, 2.45) is 11.8 Å². The second kappa shape index (κ2) is 9.59. The zero-order valence-corrected chi connectivity index (χ0v) is 22.1. The summed E-state index contributed by atoms with van der Waals surface area (Å²) in [6.45, 7) is 15.7. The highest BCUT2D eigenvalue weighted by molar-refractivity contribution is 5.49. The van der Waals surface area contributed by atoms with Gasteiger partial charge in [-0.2, -0.15) is 13.2 Å². The molecule has 1 fully saturated rings. The van der Waals surface area contributed by atoms with Crippen LogP contribution in [0.4, 0.5) is 13.2 Å². The molecule has 1 nitrogen and oxygen atoms in total. The van der Waals surface area contributed by atoms with Crippen molar-refractivity contribution in [1.82, 2.24) is 0 Å². The van der Waals surface area contributed by atoms with Crippen molar-refractivity contribution in [1.29, 1.82) is 0 Å². The highest BCUT2D eigenvalue weighted by Crippen LogP contribution is 2.49. The molecule has 0 aliphatic heterocycles. The summed E-state index contributed by atoms with van der Waals surface area (Å²) in [5.74, 6) is 2.43. The van der Waals surface area contributed by atoms with E-state index in [2.05, 4.69) is 60.6 Å². The summed E-state index contributed by atoms with van der Waals surface area (Å²) in [7, 11) is 1.76. The first-order valence-corrected chi connectivity index (χ1v) is 12.6. The highest BCUT2D eigenvalue weighted by atomic mass is 19.4. The van der Waals surface area contributed by atoms with E-state index in [0.29, 0.717) is 17.8 Å². The molecule has 0 atom stereocenters. The molecule has 0 saturated heterocycles. The quantitative estimate of drug-likeness (QED) is 0.405.